The molecule has 1 aliphatic carbocycles. The second-order valence-corrected chi connectivity index (χ2v) is 10.9. The van der Waals surface area contributed by atoms with Gasteiger partial charge in [-0.3, -0.25) is 9.59 Å². The molecule has 7 nitrogen and oxygen atoms in total. The van der Waals surface area contributed by atoms with Crippen LogP contribution in [-0.4, -0.2) is 54.7 Å². The molecule has 0 spiro atoms. The van der Waals surface area contributed by atoms with Crippen LogP contribution in [0.1, 0.15) is 36.9 Å². The van der Waals surface area contributed by atoms with Crippen molar-refractivity contribution in [3.05, 3.63) is 51.3 Å². The van der Waals surface area contributed by atoms with Gasteiger partial charge in [-0.25, -0.2) is 8.42 Å². The number of piperazine rings is 1. The van der Waals surface area contributed by atoms with E-state index in [9.17, 15) is 18.0 Å². The molecule has 0 bridgehead atoms. The minimum atomic E-state index is -3.72. The lowest BCUT2D eigenvalue weighted by Crippen LogP contribution is -2.55. The van der Waals surface area contributed by atoms with Crippen molar-refractivity contribution >= 4 is 27.3 Å². The summed E-state index contributed by atoms with van der Waals surface area (Å²) >= 11 is 0.718. The van der Waals surface area contributed by atoms with Crippen LogP contribution in [0.4, 0.5) is 0 Å². The molecule has 1 aromatic carbocycles. The van der Waals surface area contributed by atoms with Crippen LogP contribution < -0.4 is 4.87 Å². The fraction of sp³-hybridized carbons (Fsp3) is 0.500. The average Bonchev–Trinajstić information content (AvgIpc) is 3.36. The Morgan fingerprint density at radius 1 is 1.07 bits per heavy atom. The predicted octanol–water partition coefficient (Wildman–Crippen LogP) is 2.09. The first-order chi connectivity index (χ1) is 13.8. The number of aryl methyl sites for hydroxylation is 1. The number of sulfonamides is 1. The number of nitrogens with zero attached hydrogens (tertiary/aromatic N) is 2. The molecule has 1 saturated heterocycles. The molecule has 9 heteroatoms. The molecule has 0 radical (unpaired) electrons. The first-order valence-electron chi connectivity index (χ1n) is 9.89. The van der Waals surface area contributed by atoms with Gasteiger partial charge in [-0.2, -0.15) is 4.31 Å². The minimum absolute atomic E-state index is 0.0684. The molecule has 4 rings (SSSR count). The van der Waals surface area contributed by atoms with Crippen LogP contribution in [0.5, 0.6) is 0 Å². The SMILES string of the molecule is Cc1[nH]c(=O)sc1S(=O)(=O)N1CCN(C(=O)C2(c3ccccc3)CCCC2)CC1. The number of hydrogen-bond acceptors (Lipinski definition) is 5. The summed E-state index contributed by atoms with van der Waals surface area (Å²) in [5, 5.41) is 0. The number of nitrogens with one attached hydrogen (secondary N) is 1. The van der Waals surface area contributed by atoms with Crippen LogP contribution in [0.3, 0.4) is 0 Å². The number of carbonyl (C=O) groups is 1. The molecule has 0 atom stereocenters. The summed E-state index contributed by atoms with van der Waals surface area (Å²) in [6.07, 6.45) is 3.73. The number of amides is 1. The summed E-state index contributed by atoms with van der Waals surface area (Å²) in [6.45, 7) is 2.80. The zero-order chi connectivity index (χ0) is 20.6. The Morgan fingerprint density at radius 2 is 1.69 bits per heavy atom. The van der Waals surface area contributed by atoms with Gasteiger partial charge in [-0.15, -0.1) is 0 Å². The van der Waals surface area contributed by atoms with Gasteiger partial charge in [-0.05, 0) is 25.3 Å². The van der Waals surface area contributed by atoms with E-state index >= 15 is 0 Å². The zero-order valence-electron chi connectivity index (χ0n) is 16.4. The van der Waals surface area contributed by atoms with Gasteiger partial charge in [0, 0.05) is 31.9 Å². The van der Waals surface area contributed by atoms with Crippen molar-refractivity contribution < 1.29 is 13.2 Å². The number of aromatic nitrogens is 1. The summed E-state index contributed by atoms with van der Waals surface area (Å²) in [6, 6.07) is 9.95. The van der Waals surface area contributed by atoms with Gasteiger partial charge in [0.25, 0.3) is 10.0 Å². The van der Waals surface area contributed by atoms with Crippen LogP contribution in [0.25, 0.3) is 0 Å². The lowest BCUT2D eigenvalue weighted by atomic mass is 9.77. The quantitative estimate of drug-likeness (QED) is 0.796. The first kappa shape index (κ1) is 20.3. The van der Waals surface area contributed by atoms with Gasteiger partial charge in [0.15, 0.2) is 4.21 Å². The first-order valence-corrected chi connectivity index (χ1v) is 12.1. The normalized spacial score (nSPS) is 20.1. The van der Waals surface area contributed by atoms with Crippen molar-refractivity contribution in [3.63, 3.8) is 0 Å². The number of hydrogen-bond donors (Lipinski definition) is 1. The maximum atomic E-state index is 13.5. The molecule has 1 saturated carbocycles. The van der Waals surface area contributed by atoms with E-state index in [0.29, 0.717) is 18.8 Å². The molecule has 2 fully saturated rings. The van der Waals surface area contributed by atoms with Crippen LogP contribution in [0, 0.1) is 6.92 Å². The van der Waals surface area contributed by atoms with E-state index < -0.39 is 15.4 Å². The molecular formula is C20H25N3O4S2. The molecule has 1 amide bonds. The van der Waals surface area contributed by atoms with Crippen molar-refractivity contribution in [2.24, 2.45) is 0 Å². The van der Waals surface area contributed by atoms with Gasteiger partial charge in [0.2, 0.25) is 5.91 Å². The third kappa shape index (κ3) is 3.55. The highest BCUT2D eigenvalue weighted by molar-refractivity contribution is 7.91. The van der Waals surface area contributed by atoms with E-state index in [2.05, 4.69) is 4.98 Å². The highest BCUT2D eigenvalue weighted by Crippen LogP contribution is 2.42. The van der Waals surface area contributed by atoms with E-state index in [1.807, 2.05) is 35.2 Å². The Morgan fingerprint density at radius 3 is 2.24 bits per heavy atom. The van der Waals surface area contributed by atoms with Crippen LogP contribution in [0.15, 0.2) is 39.3 Å². The second kappa shape index (κ2) is 7.70. The van der Waals surface area contributed by atoms with Gasteiger partial charge >= 0.3 is 4.87 Å². The van der Waals surface area contributed by atoms with Crippen LogP contribution in [0.2, 0.25) is 0 Å². The molecule has 156 valence electrons. The van der Waals surface area contributed by atoms with Crippen LogP contribution in [-0.2, 0) is 20.2 Å². The smallest absolute Gasteiger partial charge is 0.305 e. The van der Waals surface area contributed by atoms with E-state index in [-0.39, 0.29) is 28.1 Å². The number of H-pyrrole nitrogens is 1. The molecule has 29 heavy (non-hydrogen) atoms. The maximum absolute atomic E-state index is 13.5. The Labute approximate surface area is 174 Å². The van der Waals surface area contributed by atoms with Crippen molar-refractivity contribution in [2.45, 2.75) is 42.2 Å². The summed E-state index contributed by atoms with van der Waals surface area (Å²) in [5.41, 5.74) is 0.941. The number of aromatic amines is 1. The molecule has 2 heterocycles. The van der Waals surface area contributed by atoms with Gasteiger partial charge in [0.1, 0.15) is 0 Å². The second-order valence-electron chi connectivity index (χ2n) is 7.78. The number of carbonyl (C=O) groups excluding carboxylic acids is 1. The number of thiazole rings is 1. The van der Waals surface area contributed by atoms with E-state index in [4.69, 9.17) is 0 Å². The molecule has 1 aromatic heterocycles. The Bertz CT molecular complexity index is 1040. The highest BCUT2D eigenvalue weighted by Gasteiger charge is 2.46. The standard InChI is InChI=1S/C20H25N3O4S2/c1-15-17(28-19(25)21-15)29(26,27)23-13-11-22(12-14-23)18(24)20(9-5-6-10-20)16-7-3-2-4-8-16/h2-4,7-8H,5-6,9-14H2,1H3,(H,21,25). The van der Waals surface area contributed by atoms with Gasteiger partial charge in [-0.1, -0.05) is 54.5 Å². The van der Waals surface area contributed by atoms with E-state index in [1.165, 1.54) is 4.31 Å². The molecule has 1 N–H and O–H groups in total. The van der Waals surface area contributed by atoms with Crippen LogP contribution >= 0.6 is 11.3 Å². The lowest BCUT2D eigenvalue weighted by Gasteiger charge is -2.39. The Hall–Kier alpha value is -1.97. The molecule has 0 unspecified atom stereocenters. The topological polar surface area (TPSA) is 90.5 Å². The molecular weight excluding hydrogens is 410 g/mol. The monoisotopic (exact) mass is 435 g/mol. The maximum Gasteiger partial charge on any atom is 0.305 e. The summed E-state index contributed by atoms with van der Waals surface area (Å²) in [7, 11) is -3.72. The summed E-state index contributed by atoms with van der Waals surface area (Å²) in [5.74, 6) is 0.112. The third-order valence-electron chi connectivity index (χ3n) is 6.07. The van der Waals surface area contributed by atoms with Crippen molar-refractivity contribution in [3.8, 4) is 0 Å². The van der Waals surface area contributed by atoms with E-state index in [1.54, 1.807) is 6.92 Å². The Balaban J connectivity index is 1.51. The third-order valence-corrected chi connectivity index (χ3v) is 9.55. The van der Waals surface area contributed by atoms with Crippen molar-refractivity contribution in [1.29, 1.82) is 0 Å². The fourth-order valence-electron chi connectivity index (χ4n) is 4.55. The summed E-state index contributed by atoms with van der Waals surface area (Å²) < 4.78 is 27.3. The lowest BCUT2D eigenvalue weighted by molar-refractivity contribution is -0.138. The van der Waals surface area contributed by atoms with Gasteiger partial charge < -0.3 is 9.88 Å². The number of rotatable bonds is 4. The molecule has 2 aromatic rings. The zero-order valence-corrected chi connectivity index (χ0v) is 18.0. The fourth-order valence-corrected chi connectivity index (χ4v) is 7.41. The van der Waals surface area contributed by atoms with E-state index in [0.717, 1.165) is 42.6 Å². The molecule has 2 aliphatic rings. The van der Waals surface area contributed by atoms with Crippen molar-refractivity contribution in [2.75, 3.05) is 26.2 Å². The van der Waals surface area contributed by atoms with Gasteiger partial charge in [0.05, 0.1) is 5.41 Å². The summed E-state index contributed by atoms with van der Waals surface area (Å²) in [4.78, 5) is 29.0. The molecule has 1 aliphatic heterocycles. The minimum Gasteiger partial charge on any atom is -0.339 e. The largest absolute Gasteiger partial charge is 0.339 e. The average molecular weight is 436 g/mol. The Kier molecular flexibility index (Phi) is 5.39. The number of benzene rings is 1. The predicted molar refractivity (Wildman–Crippen MR) is 112 cm³/mol. The van der Waals surface area contributed by atoms with Crippen molar-refractivity contribution in [1.82, 2.24) is 14.2 Å². The highest BCUT2D eigenvalue weighted by atomic mass is 32.2.